The second kappa shape index (κ2) is 10.9. The van der Waals surface area contributed by atoms with Gasteiger partial charge in [-0.05, 0) is 67.6 Å². The van der Waals surface area contributed by atoms with Gasteiger partial charge < -0.3 is 5.32 Å². The minimum Gasteiger partial charge on any atom is -0.326 e. The molecule has 1 aliphatic rings. The largest absolute Gasteiger partial charge is 0.326 e. The van der Waals surface area contributed by atoms with Crippen molar-refractivity contribution in [2.45, 2.75) is 22.6 Å². The van der Waals surface area contributed by atoms with E-state index in [1.165, 1.54) is 16.1 Å². The molecule has 1 amide bonds. The number of nitrogens with zero attached hydrogens (tertiary/aromatic N) is 3. The van der Waals surface area contributed by atoms with Crippen LogP contribution in [0, 0.1) is 5.92 Å². The number of hydrogen-bond donors (Lipinski definition) is 1. The van der Waals surface area contributed by atoms with E-state index >= 15 is 0 Å². The van der Waals surface area contributed by atoms with Gasteiger partial charge in [0.2, 0.25) is 15.9 Å². The van der Waals surface area contributed by atoms with Crippen molar-refractivity contribution in [2.24, 2.45) is 16.1 Å². The normalized spacial score (nSPS) is 15.4. The number of sulfonamides is 1. The zero-order chi connectivity index (χ0) is 24.0. The molecule has 176 valence electrons. The molecule has 0 atom stereocenters. The molecule has 0 bridgehead atoms. The van der Waals surface area contributed by atoms with E-state index in [1.807, 2.05) is 48.7 Å². The van der Waals surface area contributed by atoms with Crippen molar-refractivity contribution in [3.63, 3.8) is 0 Å². The minimum absolute atomic E-state index is 0.0970. The third-order valence-corrected chi connectivity index (χ3v) is 8.57. The number of piperidine rings is 1. The van der Waals surface area contributed by atoms with Crippen LogP contribution in [0.4, 0.5) is 17.1 Å². The van der Waals surface area contributed by atoms with E-state index in [4.69, 9.17) is 0 Å². The number of azo groups is 1. The molecule has 0 aliphatic carbocycles. The Morgan fingerprint density at radius 3 is 2.12 bits per heavy atom. The van der Waals surface area contributed by atoms with Crippen molar-refractivity contribution >= 4 is 44.8 Å². The summed E-state index contributed by atoms with van der Waals surface area (Å²) in [5, 5.41) is 11.3. The molecule has 1 heterocycles. The molecule has 0 aromatic heterocycles. The monoisotopic (exact) mass is 494 g/mol. The number of carbonyl (C=O) groups excluding carboxylic acids is 1. The highest BCUT2D eigenvalue weighted by molar-refractivity contribution is 7.99. The second-order valence-corrected chi connectivity index (χ2v) is 10.7. The molecule has 0 spiro atoms. The van der Waals surface area contributed by atoms with Gasteiger partial charge in [0, 0.05) is 29.6 Å². The predicted octanol–water partition coefficient (Wildman–Crippen LogP) is 5.86. The van der Waals surface area contributed by atoms with E-state index in [0.29, 0.717) is 42.2 Å². The molecule has 7 nitrogen and oxygen atoms in total. The van der Waals surface area contributed by atoms with E-state index < -0.39 is 10.0 Å². The molecule has 1 saturated heterocycles. The van der Waals surface area contributed by atoms with Gasteiger partial charge >= 0.3 is 0 Å². The molecule has 3 aromatic rings. The number of thioether (sulfide) groups is 1. The van der Waals surface area contributed by atoms with E-state index in [-0.39, 0.29) is 11.8 Å². The fourth-order valence-electron chi connectivity index (χ4n) is 3.80. The fraction of sp³-hybridized carbons (Fsp3) is 0.240. The predicted molar refractivity (Wildman–Crippen MR) is 135 cm³/mol. The van der Waals surface area contributed by atoms with Gasteiger partial charge in [0.25, 0.3) is 0 Å². The van der Waals surface area contributed by atoms with Crippen molar-refractivity contribution in [1.29, 1.82) is 0 Å². The number of nitrogens with one attached hydrogen (secondary N) is 1. The minimum atomic E-state index is -3.58. The molecule has 0 radical (unpaired) electrons. The summed E-state index contributed by atoms with van der Waals surface area (Å²) in [5.74, 6) is -0.333. The lowest BCUT2D eigenvalue weighted by Gasteiger charge is -2.31. The van der Waals surface area contributed by atoms with Gasteiger partial charge in [0.15, 0.2) is 0 Å². The van der Waals surface area contributed by atoms with Crippen LogP contribution in [0.5, 0.6) is 0 Å². The Morgan fingerprint density at radius 1 is 0.882 bits per heavy atom. The van der Waals surface area contributed by atoms with Crippen molar-refractivity contribution < 1.29 is 13.2 Å². The Balaban J connectivity index is 1.33. The number of carbonyl (C=O) groups is 1. The topological polar surface area (TPSA) is 91.2 Å². The molecule has 34 heavy (non-hydrogen) atoms. The van der Waals surface area contributed by atoms with Crippen LogP contribution in [-0.2, 0) is 14.8 Å². The Kier molecular flexibility index (Phi) is 7.77. The molecule has 1 fully saturated rings. The molecular weight excluding hydrogens is 468 g/mol. The fourth-order valence-corrected chi connectivity index (χ4v) is 6.39. The first kappa shape index (κ1) is 24.1. The van der Waals surface area contributed by atoms with Crippen molar-refractivity contribution in [2.75, 3.05) is 24.7 Å². The number of rotatable bonds is 7. The molecule has 0 unspecified atom stereocenters. The number of hydrogen-bond acceptors (Lipinski definition) is 6. The average Bonchev–Trinajstić information content (AvgIpc) is 2.89. The van der Waals surface area contributed by atoms with Gasteiger partial charge in [-0.1, -0.05) is 30.3 Å². The van der Waals surface area contributed by atoms with Crippen LogP contribution in [0.15, 0.2) is 98.9 Å². The zero-order valence-electron chi connectivity index (χ0n) is 18.8. The summed E-state index contributed by atoms with van der Waals surface area (Å²) in [5.41, 5.74) is 2.13. The number of anilines is 1. The van der Waals surface area contributed by atoms with Gasteiger partial charge in [-0.2, -0.15) is 14.5 Å². The van der Waals surface area contributed by atoms with Crippen LogP contribution in [-0.4, -0.2) is 38.0 Å². The summed E-state index contributed by atoms with van der Waals surface area (Å²) < 4.78 is 27.7. The molecule has 1 aliphatic heterocycles. The summed E-state index contributed by atoms with van der Waals surface area (Å²) in [4.78, 5) is 13.8. The summed E-state index contributed by atoms with van der Waals surface area (Å²) in [7, 11) is -3.58. The Bertz CT molecular complexity index is 1250. The van der Waals surface area contributed by atoms with Crippen molar-refractivity contribution in [3.8, 4) is 0 Å². The first-order valence-electron chi connectivity index (χ1n) is 11.0. The highest BCUT2D eigenvalue weighted by Gasteiger charge is 2.33. The number of benzene rings is 3. The van der Waals surface area contributed by atoms with Gasteiger partial charge in [0.1, 0.15) is 0 Å². The second-order valence-electron chi connectivity index (χ2n) is 7.90. The van der Waals surface area contributed by atoms with Crippen LogP contribution in [0.1, 0.15) is 12.8 Å². The first-order chi connectivity index (χ1) is 16.5. The van der Waals surface area contributed by atoms with Gasteiger partial charge in [0.05, 0.1) is 16.3 Å². The molecule has 3 aromatic carbocycles. The summed E-state index contributed by atoms with van der Waals surface area (Å²) in [6, 6.07) is 23.6. The van der Waals surface area contributed by atoms with Crippen LogP contribution in [0.2, 0.25) is 0 Å². The molecule has 9 heteroatoms. The summed E-state index contributed by atoms with van der Waals surface area (Å²) in [6.45, 7) is 0.643. The summed E-state index contributed by atoms with van der Waals surface area (Å²) in [6.07, 6.45) is 2.83. The smallest absolute Gasteiger partial charge is 0.244 e. The highest BCUT2D eigenvalue weighted by Crippen LogP contribution is 2.30. The van der Waals surface area contributed by atoms with Crippen molar-refractivity contribution in [1.82, 2.24) is 4.31 Å². The Labute approximate surface area is 204 Å². The van der Waals surface area contributed by atoms with Crippen LogP contribution in [0.25, 0.3) is 0 Å². The molecule has 0 saturated carbocycles. The lowest BCUT2D eigenvalue weighted by molar-refractivity contribution is -0.120. The van der Waals surface area contributed by atoms with Crippen molar-refractivity contribution in [3.05, 3.63) is 78.9 Å². The molecular formula is C25H26N4O3S2. The van der Waals surface area contributed by atoms with E-state index in [1.54, 1.807) is 36.4 Å². The Morgan fingerprint density at radius 2 is 1.47 bits per heavy atom. The van der Waals surface area contributed by atoms with Crippen LogP contribution in [0.3, 0.4) is 0 Å². The van der Waals surface area contributed by atoms with Crippen LogP contribution < -0.4 is 5.32 Å². The zero-order valence-corrected chi connectivity index (χ0v) is 20.4. The van der Waals surface area contributed by atoms with Gasteiger partial charge in [-0.3, -0.25) is 4.79 Å². The summed E-state index contributed by atoms with van der Waals surface area (Å²) >= 11 is 1.41. The first-order valence-corrected chi connectivity index (χ1v) is 13.6. The highest BCUT2D eigenvalue weighted by atomic mass is 32.2. The quantitative estimate of drug-likeness (QED) is 0.329. The standard InChI is InChI=1S/C25H26N4O3S2/c1-33-23-9-5-6-10-24(23)34(31,32)29-17-15-19(16-18-29)25(30)26-20-11-13-22(14-12-20)28-27-21-7-3-2-4-8-21/h2-14,19H,15-18H2,1H3,(H,26,30). The maximum absolute atomic E-state index is 13.1. The average molecular weight is 495 g/mol. The maximum atomic E-state index is 13.1. The van der Waals surface area contributed by atoms with E-state index in [9.17, 15) is 13.2 Å². The van der Waals surface area contributed by atoms with E-state index in [0.717, 1.165) is 10.6 Å². The SMILES string of the molecule is CSc1ccccc1S(=O)(=O)N1CCC(C(=O)Nc2ccc(N=Nc3ccccc3)cc2)CC1. The lowest BCUT2D eigenvalue weighted by atomic mass is 9.97. The van der Waals surface area contributed by atoms with Gasteiger partial charge in [-0.15, -0.1) is 11.8 Å². The lowest BCUT2D eigenvalue weighted by Crippen LogP contribution is -2.41. The number of amides is 1. The Hall–Kier alpha value is -3.01. The molecule has 1 N–H and O–H groups in total. The maximum Gasteiger partial charge on any atom is 0.244 e. The third-order valence-electron chi connectivity index (χ3n) is 5.68. The van der Waals surface area contributed by atoms with Gasteiger partial charge in [-0.25, -0.2) is 8.42 Å². The van der Waals surface area contributed by atoms with E-state index in [2.05, 4.69) is 15.5 Å². The van der Waals surface area contributed by atoms with Crippen LogP contribution >= 0.6 is 11.8 Å². The molecule has 4 rings (SSSR count). The third kappa shape index (κ3) is 5.72.